The van der Waals surface area contributed by atoms with Gasteiger partial charge in [0.05, 0.1) is 11.9 Å². The third kappa shape index (κ3) is 9.31. The SMILES string of the molecule is CC(C)(C)NC(=O)C(Cc1ccccc1)N(Cc1ccc(F)cc1)C(=O)CN(c1ccc(I)cc1)S(C)(=O)=O. The average Bonchev–Trinajstić information content (AvgIpc) is 2.85. The number of halogens is 2. The second-order valence-corrected chi connectivity index (χ2v) is 13.5. The lowest BCUT2D eigenvalue weighted by molar-refractivity contribution is -0.140. The van der Waals surface area contributed by atoms with E-state index in [-0.39, 0.29) is 18.9 Å². The Morgan fingerprint density at radius 3 is 2.05 bits per heavy atom. The summed E-state index contributed by atoms with van der Waals surface area (Å²) in [6, 6.07) is 20.8. The molecule has 0 aliphatic rings. The first-order valence-electron chi connectivity index (χ1n) is 12.4. The maximum absolute atomic E-state index is 14.0. The zero-order valence-electron chi connectivity index (χ0n) is 22.4. The Bertz CT molecular complexity index is 1380. The van der Waals surface area contributed by atoms with Crippen LogP contribution in [-0.2, 0) is 32.6 Å². The van der Waals surface area contributed by atoms with Gasteiger partial charge < -0.3 is 10.2 Å². The van der Waals surface area contributed by atoms with E-state index in [0.29, 0.717) is 11.3 Å². The quantitative estimate of drug-likeness (QED) is 0.317. The van der Waals surface area contributed by atoms with Crippen molar-refractivity contribution in [2.75, 3.05) is 17.1 Å². The van der Waals surface area contributed by atoms with E-state index in [1.54, 1.807) is 36.4 Å². The number of anilines is 1. The summed E-state index contributed by atoms with van der Waals surface area (Å²) < 4.78 is 41.2. The Balaban J connectivity index is 2.06. The van der Waals surface area contributed by atoms with Gasteiger partial charge in [0.25, 0.3) is 0 Å². The summed E-state index contributed by atoms with van der Waals surface area (Å²) in [6.45, 7) is 5.02. The van der Waals surface area contributed by atoms with Gasteiger partial charge in [-0.2, -0.15) is 0 Å². The van der Waals surface area contributed by atoms with Gasteiger partial charge in [-0.3, -0.25) is 13.9 Å². The molecule has 0 aliphatic heterocycles. The van der Waals surface area contributed by atoms with Crippen LogP contribution in [0.4, 0.5) is 10.1 Å². The summed E-state index contributed by atoms with van der Waals surface area (Å²) in [5.41, 5.74) is 1.20. The normalized spacial score (nSPS) is 12.5. The van der Waals surface area contributed by atoms with Gasteiger partial charge in [-0.15, -0.1) is 0 Å². The van der Waals surface area contributed by atoms with E-state index in [0.717, 1.165) is 19.7 Å². The lowest BCUT2D eigenvalue weighted by Gasteiger charge is -2.35. The van der Waals surface area contributed by atoms with Crippen LogP contribution >= 0.6 is 22.6 Å². The summed E-state index contributed by atoms with van der Waals surface area (Å²) >= 11 is 2.11. The van der Waals surface area contributed by atoms with E-state index >= 15 is 0 Å². The molecule has 0 aromatic heterocycles. The van der Waals surface area contributed by atoms with Gasteiger partial charge in [0.2, 0.25) is 21.8 Å². The van der Waals surface area contributed by atoms with Crippen LogP contribution in [0.25, 0.3) is 0 Å². The Hall–Kier alpha value is -2.99. The molecule has 0 spiro atoms. The molecule has 10 heteroatoms. The van der Waals surface area contributed by atoms with Crippen molar-refractivity contribution in [1.29, 1.82) is 0 Å². The number of sulfonamides is 1. The molecule has 3 aromatic carbocycles. The number of hydrogen-bond acceptors (Lipinski definition) is 4. The predicted octanol–water partition coefficient (Wildman–Crippen LogP) is 4.75. The third-order valence-corrected chi connectivity index (χ3v) is 7.69. The number of benzene rings is 3. The Morgan fingerprint density at radius 1 is 0.923 bits per heavy atom. The molecule has 7 nitrogen and oxygen atoms in total. The molecule has 0 bridgehead atoms. The molecular formula is C29H33FIN3O4S. The molecule has 39 heavy (non-hydrogen) atoms. The van der Waals surface area contributed by atoms with Gasteiger partial charge in [0, 0.05) is 22.1 Å². The van der Waals surface area contributed by atoms with Crippen molar-refractivity contribution in [3.63, 3.8) is 0 Å². The van der Waals surface area contributed by atoms with Crippen LogP contribution in [0, 0.1) is 9.39 Å². The van der Waals surface area contributed by atoms with Crippen molar-refractivity contribution in [2.45, 2.75) is 45.3 Å². The molecule has 0 saturated heterocycles. The average molecular weight is 666 g/mol. The lowest BCUT2D eigenvalue weighted by atomic mass is 10.0. The van der Waals surface area contributed by atoms with Crippen LogP contribution in [-0.4, -0.2) is 49.5 Å². The van der Waals surface area contributed by atoms with E-state index in [2.05, 4.69) is 27.9 Å². The van der Waals surface area contributed by atoms with Gasteiger partial charge in [0.15, 0.2) is 0 Å². The van der Waals surface area contributed by atoms with Crippen molar-refractivity contribution in [3.8, 4) is 0 Å². The minimum atomic E-state index is -3.84. The summed E-state index contributed by atoms with van der Waals surface area (Å²) in [7, 11) is -3.84. The largest absolute Gasteiger partial charge is 0.350 e. The smallest absolute Gasteiger partial charge is 0.244 e. The van der Waals surface area contributed by atoms with Crippen LogP contribution < -0.4 is 9.62 Å². The van der Waals surface area contributed by atoms with Gasteiger partial charge in [-0.25, -0.2) is 12.8 Å². The highest BCUT2D eigenvalue weighted by atomic mass is 127. The van der Waals surface area contributed by atoms with Crippen LogP contribution in [0.5, 0.6) is 0 Å². The first-order valence-corrected chi connectivity index (χ1v) is 15.3. The number of amides is 2. The van der Waals surface area contributed by atoms with Crippen LogP contribution in [0.3, 0.4) is 0 Å². The number of hydrogen-bond donors (Lipinski definition) is 1. The molecule has 1 atom stereocenters. The maximum atomic E-state index is 14.0. The Morgan fingerprint density at radius 2 is 1.51 bits per heavy atom. The Labute approximate surface area is 243 Å². The highest BCUT2D eigenvalue weighted by Crippen LogP contribution is 2.22. The number of carbonyl (C=O) groups is 2. The van der Waals surface area contributed by atoms with E-state index in [1.165, 1.54) is 17.0 Å². The van der Waals surface area contributed by atoms with E-state index in [9.17, 15) is 22.4 Å². The van der Waals surface area contributed by atoms with Gasteiger partial charge in [-0.05, 0) is 90.9 Å². The Kier molecular flexibility index (Phi) is 10.1. The molecule has 3 rings (SSSR count). The van der Waals surface area contributed by atoms with Crippen LogP contribution in [0.15, 0.2) is 78.9 Å². The lowest BCUT2D eigenvalue weighted by Crippen LogP contribution is -2.56. The van der Waals surface area contributed by atoms with Crippen molar-refractivity contribution < 1.29 is 22.4 Å². The zero-order chi connectivity index (χ0) is 28.8. The molecule has 1 unspecified atom stereocenters. The molecule has 0 saturated carbocycles. The fourth-order valence-electron chi connectivity index (χ4n) is 4.01. The fourth-order valence-corrected chi connectivity index (χ4v) is 5.22. The highest BCUT2D eigenvalue weighted by Gasteiger charge is 2.34. The molecule has 0 aliphatic carbocycles. The van der Waals surface area contributed by atoms with Crippen molar-refractivity contribution in [2.24, 2.45) is 0 Å². The molecule has 0 fully saturated rings. The highest BCUT2D eigenvalue weighted by molar-refractivity contribution is 14.1. The van der Waals surface area contributed by atoms with Crippen LogP contribution in [0.2, 0.25) is 0 Å². The topological polar surface area (TPSA) is 86.8 Å². The van der Waals surface area contributed by atoms with Crippen LogP contribution in [0.1, 0.15) is 31.9 Å². The standard InChI is InChI=1S/C29H33FIN3O4S/c1-29(2,3)32-28(36)26(18-21-8-6-5-7-9-21)33(19-22-10-12-23(30)13-11-22)27(35)20-34(39(4,37)38)25-16-14-24(31)15-17-25/h5-17,26H,18-20H2,1-4H3,(H,32,36). The molecule has 1 N–H and O–H groups in total. The monoisotopic (exact) mass is 665 g/mol. The summed E-state index contributed by atoms with van der Waals surface area (Å²) in [5.74, 6) is -1.36. The van der Waals surface area contributed by atoms with Gasteiger partial charge in [0.1, 0.15) is 18.4 Å². The van der Waals surface area contributed by atoms with Crippen molar-refractivity contribution in [1.82, 2.24) is 10.2 Å². The third-order valence-electron chi connectivity index (χ3n) is 5.83. The molecular weight excluding hydrogens is 632 g/mol. The van der Waals surface area contributed by atoms with E-state index in [1.807, 2.05) is 51.1 Å². The van der Waals surface area contributed by atoms with Gasteiger partial charge >= 0.3 is 0 Å². The van der Waals surface area contributed by atoms with Crippen molar-refractivity contribution in [3.05, 3.63) is 99.4 Å². The molecule has 0 heterocycles. The van der Waals surface area contributed by atoms with Crippen molar-refractivity contribution >= 4 is 50.1 Å². The fraction of sp³-hybridized carbons (Fsp3) is 0.310. The first kappa shape index (κ1) is 30.6. The number of nitrogens with zero attached hydrogens (tertiary/aromatic N) is 2. The molecule has 208 valence electrons. The summed E-state index contributed by atoms with van der Waals surface area (Å²) in [6.07, 6.45) is 1.24. The zero-order valence-corrected chi connectivity index (χ0v) is 25.4. The molecule has 3 aromatic rings. The second-order valence-electron chi connectivity index (χ2n) is 10.3. The predicted molar refractivity (Wildman–Crippen MR) is 160 cm³/mol. The number of rotatable bonds is 10. The van der Waals surface area contributed by atoms with E-state index in [4.69, 9.17) is 0 Å². The summed E-state index contributed by atoms with van der Waals surface area (Å²) in [4.78, 5) is 29.0. The second kappa shape index (κ2) is 12.9. The molecule has 2 amide bonds. The molecule has 0 radical (unpaired) electrons. The first-order chi connectivity index (χ1) is 18.2. The maximum Gasteiger partial charge on any atom is 0.244 e. The minimum absolute atomic E-state index is 0.0154. The van der Waals surface area contributed by atoms with Gasteiger partial charge in [-0.1, -0.05) is 42.5 Å². The minimum Gasteiger partial charge on any atom is -0.350 e. The number of carbonyl (C=O) groups excluding carboxylic acids is 2. The summed E-state index contributed by atoms with van der Waals surface area (Å²) in [5, 5.41) is 2.97. The van der Waals surface area contributed by atoms with E-state index < -0.39 is 39.9 Å². The number of nitrogens with one attached hydrogen (secondary N) is 1.